The molecule has 1 amide bonds. The smallest absolute Gasteiger partial charge is 0.236 e. The van der Waals surface area contributed by atoms with Crippen LogP contribution in [0.1, 0.15) is 46.0 Å². The van der Waals surface area contributed by atoms with E-state index in [1.54, 1.807) is 0 Å². The molecule has 0 radical (unpaired) electrons. The zero-order valence-corrected chi connectivity index (χ0v) is 12.7. The van der Waals surface area contributed by atoms with Crippen LogP contribution in [0.3, 0.4) is 0 Å². The number of hydrogen-bond acceptors (Lipinski definition) is 3. The summed E-state index contributed by atoms with van der Waals surface area (Å²) in [6.45, 7) is 6.69. The molecule has 2 aliphatic rings. The Balaban J connectivity index is 1.93. The van der Waals surface area contributed by atoms with Crippen molar-refractivity contribution in [3.8, 4) is 0 Å². The van der Waals surface area contributed by atoms with Gasteiger partial charge in [-0.05, 0) is 45.6 Å². The summed E-state index contributed by atoms with van der Waals surface area (Å²) in [4.78, 5) is 16.4. The standard InChI is InChI=1S/C15H29N3O/c1-4-8-18(11-15(19)17(3)5-2)14-9-12-6-7-13(10-14)16-12/h12-14,16H,4-11H2,1-3H3. The Morgan fingerprint density at radius 3 is 2.37 bits per heavy atom. The lowest BCUT2D eigenvalue weighted by atomic mass is 9.98. The minimum atomic E-state index is 0.266. The van der Waals surface area contributed by atoms with Crippen LogP contribution in [0, 0.1) is 0 Å². The number of amides is 1. The highest BCUT2D eigenvalue weighted by atomic mass is 16.2. The van der Waals surface area contributed by atoms with Crippen LogP contribution in [0.5, 0.6) is 0 Å². The molecule has 110 valence electrons. The molecule has 4 nitrogen and oxygen atoms in total. The van der Waals surface area contributed by atoms with E-state index in [0.29, 0.717) is 24.7 Å². The summed E-state index contributed by atoms with van der Waals surface area (Å²) < 4.78 is 0. The molecule has 2 fully saturated rings. The van der Waals surface area contributed by atoms with Crippen LogP contribution in [0.25, 0.3) is 0 Å². The van der Waals surface area contributed by atoms with Gasteiger partial charge < -0.3 is 10.2 Å². The third-order valence-corrected chi connectivity index (χ3v) is 4.71. The number of carbonyl (C=O) groups excluding carboxylic acids is 1. The van der Waals surface area contributed by atoms with Crippen molar-refractivity contribution in [3.63, 3.8) is 0 Å². The van der Waals surface area contributed by atoms with Gasteiger partial charge >= 0.3 is 0 Å². The molecule has 0 aromatic rings. The quantitative estimate of drug-likeness (QED) is 0.791. The molecule has 2 atom stereocenters. The highest BCUT2D eigenvalue weighted by molar-refractivity contribution is 5.77. The fourth-order valence-electron chi connectivity index (χ4n) is 3.47. The first-order chi connectivity index (χ1) is 9.13. The normalized spacial score (nSPS) is 29.8. The first-order valence-electron chi connectivity index (χ1n) is 7.88. The molecular weight excluding hydrogens is 238 g/mol. The minimum Gasteiger partial charge on any atom is -0.345 e. The van der Waals surface area contributed by atoms with Crippen LogP contribution in [-0.4, -0.2) is 60.5 Å². The average Bonchev–Trinajstić information content (AvgIpc) is 2.75. The van der Waals surface area contributed by atoms with Gasteiger partial charge in [0.05, 0.1) is 6.54 Å². The van der Waals surface area contributed by atoms with Gasteiger partial charge in [0.15, 0.2) is 0 Å². The molecule has 1 N–H and O–H groups in total. The number of nitrogens with zero attached hydrogens (tertiary/aromatic N) is 2. The van der Waals surface area contributed by atoms with Crippen LogP contribution in [0.2, 0.25) is 0 Å². The van der Waals surface area contributed by atoms with E-state index in [1.165, 1.54) is 25.7 Å². The lowest BCUT2D eigenvalue weighted by Gasteiger charge is -2.38. The minimum absolute atomic E-state index is 0.266. The van der Waals surface area contributed by atoms with E-state index in [0.717, 1.165) is 19.5 Å². The SMILES string of the molecule is CCCN(CC(=O)N(C)CC)C1CC2CCC(C1)N2. The van der Waals surface area contributed by atoms with Crippen molar-refractivity contribution in [2.75, 3.05) is 26.7 Å². The van der Waals surface area contributed by atoms with Crippen LogP contribution in [0.15, 0.2) is 0 Å². The maximum atomic E-state index is 12.1. The van der Waals surface area contributed by atoms with Crippen molar-refractivity contribution in [2.45, 2.75) is 64.1 Å². The highest BCUT2D eigenvalue weighted by Crippen LogP contribution is 2.29. The van der Waals surface area contributed by atoms with E-state index in [2.05, 4.69) is 17.1 Å². The Labute approximate surface area is 117 Å². The largest absolute Gasteiger partial charge is 0.345 e. The van der Waals surface area contributed by atoms with Crippen LogP contribution in [-0.2, 0) is 4.79 Å². The number of piperidine rings is 1. The van der Waals surface area contributed by atoms with E-state index in [1.807, 2.05) is 18.9 Å². The van der Waals surface area contributed by atoms with E-state index in [4.69, 9.17) is 0 Å². The summed E-state index contributed by atoms with van der Waals surface area (Å²) in [5.41, 5.74) is 0. The van der Waals surface area contributed by atoms with Gasteiger partial charge in [0.2, 0.25) is 5.91 Å². The molecule has 0 aliphatic carbocycles. The molecule has 2 heterocycles. The Hall–Kier alpha value is -0.610. The third-order valence-electron chi connectivity index (χ3n) is 4.71. The van der Waals surface area contributed by atoms with Crippen LogP contribution >= 0.6 is 0 Å². The number of hydrogen-bond donors (Lipinski definition) is 1. The molecule has 4 heteroatoms. The molecule has 0 saturated carbocycles. The summed E-state index contributed by atoms with van der Waals surface area (Å²) in [6, 6.07) is 2.00. The molecule has 0 aromatic carbocycles. The van der Waals surface area contributed by atoms with Crippen molar-refractivity contribution in [3.05, 3.63) is 0 Å². The maximum absolute atomic E-state index is 12.1. The lowest BCUT2D eigenvalue weighted by Crippen LogP contribution is -2.51. The van der Waals surface area contributed by atoms with Crippen molar-refractivity contribution in [1.29, 1.82) is 0 Å². The predicted molar refractivity (Wildman–Crippen MR) is 78.1 cm³/mol. The second-order valence-corrected chi connectivity index (χ2v) is 6.14. The molecule has 0 aromatic heterocycles. The number of nitrogens with one attached hydrogen (secondary N) is 1. The van der Waals surface area contributed by atoms with Gasteiger partial charge in [-0.2, -0.15) is 0 Å². The van der Waals surface area contributed by atoms with E-state index < -0.39 is 0 Å². The molecule has 19 heavy (non-hydrogen) atoms. The summed E-state index contributed by atoms with van der Waals surface area (Å²) in [5.74, 6) is 0.266. The van der Waals surface area contributed by atoms with Gasteiger partial charge in [-0.25, -0.2) is 0 Å². The molecule has 2 rings (SSSR count). The van der Waals surface area contributed by atoms with Crippen molar-refractivity contribution >= 4 is 5.91 Å². The molecule has 2 aliphatic heterocycles. The van der Waals surface area contributed by atoms with Gasteiger partial charge in [-0.15, -0.1) is 0 Å². The summed E-state index contributed by atoms with van der Waals surface area (Å²) in [7, 11) is 1.90. The summed E-state index contributed by atoms with van der Waals surface area (Å²) in [6.07, 6.45) is 6.22. The van der Waals surface area contributed by atoms with Gasteiger partial charge in [0, 0.05) is 31.7 Å². The number of fused-ring (bicyclic) bond motifs is 2. The average molecular weight is 267 g/mol. The number of likely N-dealkylation sites (N-methyl/N-ethyl adjacent to an activating group) is 1. The van der Waals surface area contributed by atoms with Crippen LogP contribution < -0.4 is 5.32 Å². The van der Waals surface area contributed by atoms with Gasteiger partial charge in [-0.1, -0.05) is 6.92 Å². The first-order valence-corrected chi connectivity index (χ1v) is 7.88. The van der Waals surface area contributed by atoms with Crippen LogP contribution in [0.4, 0.5) is 0 Å². The zero-order valence-electron chi connectivity index (χ0n) is 12.7. The van der Waals surface area contributed by atoms with E-state index in [9.17, 15) is 4.79 Å². The van der Waals surface area contributed by atoms with E-state index in [-0.39, 0.29) is 5.91 Å². The summed E-state index contributed by atoms with van der Waals surface area (Å²) >= 11 is 0. The Morgan fingerprint density at radius 1 is 1.21 bits per heavy atom. The fourth-order valence-corrected chi connectivity index (χ4v) is 3.47. The molecule has 2 unspecified atom stereocenters. The zero-order chi connectivity index (χ0) is 13.8. The lowest BCUT2D eigenvalue weighted by molar-refractivity contribution is -0.131. The topological polar surface area (TPSA) is 35.6 Å². The predicted octanol–water partition coefficient (Wildman–Crippen LogP) is 1.46. The maximum Gasteiger partial charge on any atom is 0.236 e. The van der Waals surface area contributed by atoms with Gasteiger partial charge in [-0.3, -0.25) is 9.69 Å². The highest BCUT2D eigenvalue weighted by Gasteiger charge is 2.36. The molecule has 2 saturated heterocycles. The third kappa shape index (κ3) is 3.69. The molecular formula is C15H29N3O. The molecule has 0 spiro atoms. The molecule has 2 bridgehead atoms. The van der Waals surface area contributed by atoms with Gasteiger partial charge in [0.25, 0.3) is 0 Å². The van der Waals surface area contributed by atoms with Crippen molar-refractivity contribution < 1.29 is 4.79 Å². The van der Waals surface area contributed by atoms with E-state index >= 15 is 0 Å². The van der Waals surface area contributed by atoms with Crippen molar-refractivity contribution in [1.82, 2.24) is 15.1 Å². The Kier molecular flexibility index (Phi) is 5.22. The second kappa shape index (κ2) is 6.71. The number of rotatable bonds is 6. The monoisotopic (exact) mass is 267 g/mol. The van der Waals surface area contributed by atoms with Gasteiger partial charge in [0.1, 0.15) is 0 Å². The van der Waals surface area contributed by atoms with Crippen molar-refractivity contribution in [2.24, 2.45) is 0 Å². The Morgan fingerprint density at radius 2 is 1.84 bits per heavy atom. The fraction of sp³-hybridized carbons (Fsp3) is 0.933. The number of carbonyl (C=O) groups is 1. The second-order valence-electron chi connectivity index (χ2n) is 6.14. The Bertz CT molecular complexity index is 296. The summed E-state index contributed by atoms with van der Waals surface area (Å²) in [5, 5.41) is 3.68. The first kappa shape index (κ1) is 14.8.